The maximum Gasteiger partial charge on any atom is 0.303 e. The van der Waals surface area contributed by atoms with Crippen LogP contribution >= 0.6 is 0 Å². The highest BCUT2D eigenvalue weighted by Gasteiger charge is 2.35. The van der Waals surface area contributed by atoms with Crippen LogP contribution in [0.4, 0.5) is 0 Å². The molecule has 0 bridgehead atoms. The van der Waals surface area contributed by atoms with E-state index in [4.69, 9.17) is 18.9 Å². The SMILES string of the molecule is COCC(OC(C)=O)C(O)C(O)C(COC(C)=O)OC. The van der Waals surface area contributed by atoms with Gasteiger partial charge >= 0.3 is 11.9 Å². The fourth-order valence-corrected chi connectivity index (χ4v) is 1.53. The second kappa shape index (κ2) is 9.65. The Morgan fingerprint density at radius 1 is 0.950 bits per heavy atom. The fourth-order valence-electron chi connectivity index (χ4n) is 1.53. The lowest BCUT2D eigenvalue weighted by molar-refractivity contribution is -0.174. The predicted molar refractivity (Wildman–Crippen MR) is 66.9 cm³/mol. The smallest absolute Gasteiger partial charge is 0.303 e. The van der Waals surface area contributed by atoms with Crippen LogP contribution in [0.3, 0.4) is 0 Å². The van der Waals surface area contributed by atoms with Crippen LogP contribution in [0.2, 0.25) is 0 Å². The first-order valence-corrected chi connectivity index (χ1v) is 6.01. The Hall–Kier alpha value is -1.22. The van der Waals surface area contributed by atoms with Gasteiger partial charge in [-0.25, -0.2) is 0 Å². The highest BCUT2D eigenvalue weighted by atomic mass is 16.6. The first-order valence-electron chi connectivity index (χ1n) is 6.01. The average molecular weight is 294 g/mol. The second-order valence-corrected chi connectivity index (χ2v) is 4.16. The lowest BCUT2D eigenvalue weighted by Gasteiger charge is -2.29. The van der Waals surface area contributed by atoms with Gasteiger partial charge < -0.3 is 29.2 Å². The summed E-state index contributed by atoms with van der Waals surface area (Å²) in [4.78, 5) is 21.7. The third kappa shape index (κ3) is 6.80. The fraction of sp³-hybridized carbons (Fsp3) is 0.833. The summed E-state index contributed by atoms with van der Waals surface area (Å²) in [5.74, 6) is -1.16. The number of hydrogen-bond acceptors (Lipinski definition) is 8. The van der Waals surface area contributed by atoms with Crippen LogP contribution < -0.4 is 0 Å². The number of aliphatic hydroxyl groups is 2. The highest BCUT2D eigenvalue weighted by molar-refractivity contribution is 5.66. The van der Waals surface area contributed by atoms with Crippen LogP contribution in [0.25, 0.3) is 0 Å². The van der Waals surface area contributed by atoms with Gasteiger partial charge in [-0.15, -0.1) is 0 Å². The second-order valence-electron chi connectivity index (χ2n) is 4.16. The summed E-state index contributed by atoms with van der Waals surface area (Å²) < 4.78 is 19.3. The maximum atomic E-state index is 10.9. The van der Waals surface area contributed by atoms with Gasteiger partial charge in [0.1, 0.15) is 24.9 Å². The monoisotopic (exact) mass is 294 g/mol. The minimum atomic E-state index is -1.45. The Bertz CT molecular complexity index is 306. The van der Waals surface area contributed by atoms with E-state index in [1.165, 1.54) is 28.1 Å². The molecular formula is C12H22O8. The molecular weight excluding hydrogens is 272 g/mol. The van der Waals surface area contributed by atoms with Crippen molar-refractivity contribution in [1.29, 1.82) is 0 Å². The molecule has 0 aliphatic heterocycles. The van der Waals surface area contributed by atoms with E-state index < -0.39 is 36.4 Å². The molecule has 0 saturated heterocycles. The van der Waals surface area contributed by atoms with Crippen molar-refractivity contribution in [3.63, 3.8) is 0 Å². The van der Waals surface area contributed by atoms with Gasteiger partial charge in [0.25, 0.3) is 0 Å². The molecule has 0 heterocycles. The van der Waals surface area contributed by atoms with E-state index in [9.17, 15) is 19.8 Å². The Balaban J connectivity index is 4.68. The van der Waals surface area contributed by atoms with Crippen LogP contribution in [0.1, 0.15) is 13.8 Å². The lowest BCUT2D eigenvalue weighted by atomic mass is 10.0. The summed E-state index contributed by atoms with van der Waals surface area (Å²) in [5, 5.41) is 20.0. The molecule has 8 nitrogen and oxygen atoms in total. The molecule has 4 unspecified atom stereocenters. The molecule has 0 fully saturated rings. The van der Waals surface area contributed by atoms with Gasteiger partial charge in [-0.3, -0.25) is 9.59 Å². The summed E-state index contributed by atoms with van der Waals surface area (Å²) in [6, 6.07) is 0. The van der Waals surface area contributed by atoms with Crippen LogP contribution in [-0.2, 0) is 28.5 Å². The molecule has 0 aromatic rings. The van der Waals surface area contributed by atoms with Gasteiger partial charge in [-0.1, -0.05) is 0 Å². The van der Waals surface area contributed by atoms with Crippen molar-refractivity contribution in [2.45, 2.75) is 38.3 Å². The zero-order valence-electron chi connectivity index (χ0n) is 12.1. The lowest BCUT2D eigenvalue weighted by Crippen LogP contribution is -2.49. The summed E-state index contributed by atoms with van der Waals surface area (Å²) in [6.07, 6.45) is -4.87. The number of rotatable bonds is 9. The number of ether oxygens (including phenoxy) is 4. The van der Waals surface area contributed by atoms with E-state index in [2.05, 4.69) is 0 Å². The van der Waals surface area contributed by atoms with Crippen molar-refractivity contribution in [1.82, 2.24) is 0 Å². The van der Waals surface area contributed by atoms with Crippen LogP contribution in [0.15, 0.2) is 0 Å². The van der Waals surface area contributed by atoms with Crippen molar-refractivity contribution in [3.05, 3.63) is 0 Å². The van der Waals surface area contributed by atoms with Crippen LogP contribution in [0, 0.1) is 0 Å². The van der Waals surface area contributed by atoms with Crippen molar-refractivity contribution >= 4 is 11.9 Å². The van der Waals surface area contributed by atoms with Gasteiger partial charge in [-0.05, 0) is 0 Å². The molecule has 2 N–H and O–H groups in total. The van der Waals surface area contributed by atoms with Gasteiger partial charge in [-0.2, -0.15) is 0 Å². The molecule has 118 valence electrons. The van der Waals surface area contributed by atoms with Gasteiger partial charge in [0, 0.05) is 28.1 Å². The molecule has 0 spiro atoms. The number of esters is 2. The Labute approximate surface area is 117 Å². The van der Waals surface area contributed by atoms with E-state index in [1.807, 2.05) is 0 Å². The Morgan fingerprint density at radius 3 is 1.90 bits per heavy atom. The molecule has 0 radical (unpaired) electrons. The molecule has 0 amide bonds. The van der Waals surface area contributed by atoms with Crippen molar-refractivity contribution in [3.8, 4) is 0 Å². The summed E-state index contributed by atoms with van der Waals surface area (Å²) in [6.45, 7) is 2.06. The first kappa shape index (κ1) is 18.8. The van der Waals surface area contributed by atoms with E-state index >= 15 is 0 Å². The minimum absolute atomic E-state index is 0.0954. The molecule has 0 saturated carbocycles. The number of carbonyl (C=O) groups is 2. The normalized spacial score (nSPS) is 16.9. The minimum Gasteiger partial charge on any atom is -0.463 e. The molecule has 4 atom stereocenters. The largest absolute Gasteiger partial charge is 0.463 e. The van der Waals surface area contributed by atoms with Gasteiger partial charge in [0.15, 0.2) is 6.10 Å². The molecule has 0 aliphatic carbocycles. The average Bonchev–Trinajstić information content (AvgIpc) is 2.37. The summed E-state index contributed by atoms with van der Waals surface area (Å²) >= 11 is 0. The summed E-state index contributed by atoms with van der Waals surface area (Å²) in [7, 11) is 2.66. The number of aliphatic hydroxyl groups excluding tert-OH is 2. The van der Waals surface area contributed by atoms with Crippen molar-refractivity contribution in [2.75, 3.05) is 27.4 Å². The van der Waals surface area contributed by atoms with E-state index in [-0.39, 0.29) is 13.2 Å². The topological polar surface area (TPSA) is 112 Å². The van der Waals surface area contributed by atoms with E-state index in [0.29, 0.717) is 0 Å². The van der Waals surface area contributed by atoms with E-state index in [1.54, 1.807) is 0 Å². The number of methoxy groups -OCH3 is 2. The molecule has 20 heavy (non-hydrogen) atoms. The highest BCUT2D eigenvalue weighted by Crippen LogP contribution is 2.12. The predicted octanol–water partition coefficient (Wildman–Crippen LogP) is -1.14. The van der Waals surface area contributed by atoms with Gasteiger partial charge in [0.2, 0.25) is 0 Å². The van der Waals surface area contributed by atoms with Gasteiger partial charge in [0.05, 0.1) is 6.61 Å². The molecule has 0 aliphatic rings. The maximum absolute atomic E-state index is 10.9. The Morgan fingerprint density at radius 2 is 1.50 bits per heavy atom. The van der Waals surface area contributed by atoms with Crippen molar-refractivity contribution in [2.24, 2.45) is 0 Å². The van der Waals surface area contributed by atoms with Crippen LogP contribution in [-0.4, -0.2) is 74.0 Å². The van der Waals surface area contributed by atoms with Crippen molar-refractivity contribution < 1.29 is 38.7 Å². The first-order chi connectivity index (χ1) is 9.33. The molecule has 0 aromatic heterocycles. The molecule has 0 rings (SSSR count). The summed E-state index contributed by atoms with van der Waals surface area (Å²) in [5.41, 5.74) is 0. The standard InChI is InChI=1S/C12H22O8/c1-7(13)19-6-9(18-4)11(15)12(16)10(5-17-3)20-8(2)14/h9-12,15-16H,5-6H2,1-4H3. The third-order valence-corrected chi connectivity index (χ3v) is 2.51. The number of hydrogen-bond donors (Lipinski definition) is 2. The zero-order valence-corrected chi connectivity index (χ0v) is 12.1. The van der Waals surface area contributed by atoms with E-state index in [0.717, 1.165) is 0 Å². The number of carbonyl (C=O) groups excluding carboxylic acids is 2. The quantitative estimate of drug-likeness (QED) is 0.514. The molecule has 8 heteroatoms. The Kier molecular flexibility index (Phi) is 9.06. The zero-order chi connectivity index (χ0) is 15.7. The van der Waals surface area contributed by atoms with Crippen LogP contribution in [0.5, 0.6) is 0 Å². The third-order valence-electron chi connectivity index (χ3n) is 2.51. The molecule has 0 aromatic carbocycles.